The molecule has 0 spiro atoms. The summed E-state index contributed by atoms with van der Waals surface area (Å²) in [6, 6.07) is 10.0. The molecule has 0 aliphatic carbocycles. The number of rotatable bonds is 9. The quantitative estimate of drug-likeness (QED) is 0.635. The van der Waals surface area contributed by atoms with Crippen LogP contribution in [0.4, 0.5) is 5.69 Å². The topological polar surface area (TPSA) is 97.8 Å². The van der Waals surface area contributed by atoms with Crippen molar-refractivity contribution in [2.24, 2.45) is 0 Å². The third-order valence-corrected chi connectivity index (χ3v) is 4.30. The molecule has 30 heavy (non-hydrogen) atoms. The predicted octanol–water partition coefficient (Wildman–Crippen LogP) is 3.07. The number of esters is 1. The van der Waals surface area contributed by atoms with Gasteiger partial charge in [0.05, 0.1) is 30.7 Å². The minimum atomic E-state index is -0.483. The number of hydrogen-bond donors (Lipinski definition) is 1. The average Bonchev–Trinajstić information content (AvgIpc) is 2.73. The minimum absolute atomic E-state index is 0.134. The fourth-order valence-electron chi connectivity index (χ4n) is 2.90. The number of carbonyl (C=O) groups excluding carboxylic acids is 3. The van der Waals surface area contributed by atoms with E-state index in [1.807, 2.05) is 6.92 Å². The van der Waals surface area contributed by atoms with Gasteiger partial charge in [-0.3, -0.25) is 9.59 Å². The number of hydrogen-bond acceptors (Lipinski definition) is 6. The Hall–Kier alpha value is -3.42. The summed E-state index contributed by atoms with van der Waals surface area (Å²) in [4.78, 5) is 43.1. The van der Waals surface area contributed by atoms with Gasteiger partial charge in [-0.15, -0.1) is 0 Å². The molecule has 0 saturated carbocycles. The van der Waals surface area contributed by atoms with Crippen molar-refractivity contribution in [3.05, 3.63) is 53.3 Å². The van der Waals surface area contributed by atoms with Crippen LogP contribution < -0.4 is 10.1 Å². The van der Waals surface area contributed by atoms with E-state index >= 15 is 0 Å². The first-order valence-corrected chi connectivity index (χ1v) is 9.78. The zero-order chi connectivity index (χ0) is 22.1. The third-order valence-electron chi connectivity index (χ3n) is 4.30. The van der Waals surface area contributed by atoms with Gasteiger partial charge in [-0.25, -0.2) is 9.78 Å². The zero-order valence-corrected chi connectivity index (χ0v) is 17.7. The smallest absolute Gasteiger partial charge is 0.339 e. The number of nitrogens with zero attached hydrogens (tertiary/aromatic N) is 2. The van der Waals surface area contributed by atoms with Crippen LogP contribution in [0, 0.1) is 6.92 Å². The van der Waals surface area contributed by atoms with Crippen molar-refractivity contribution in [1.29, 1.82) is 0 Å². The molecule has 160 valence electrons. The van der Waals surface area contributed by atoms with Gasteiger partial charge in [0.25, 0.3) is 5.91 Å². The number of pyridine rings is 1. The van der Waals surface area contributed by atoms with E-state index in [9.17, 15) is 14.4 Å². The van der Waals surface area contributed by atoms with Crippen LogP contribution in [0.3, 0.4) is 0 Å². The summed E-state index contributed by atoms with van der Waals surface area (Å²) in [5.41, 5.74) is 1.40. The van der Waals surface area contributed by atoms with Crippen molar-refractivity contribution in [2.45, 2.75) is 27.2 Å². The van der Waals surface area contributed by atoms with Gasteiger partial charge in [0, 0.05) is 6.54 Å². The Kier molecular flexibility index (Phi) is 8.34. The van der Waals surface area contributed by atoms with Crippen LogP contribution in [0.2, 0.25) is 0 Å². The summed E-state index contributed by atoms with van der Waals surface area (Å²) >= 11 is 0. The summed E-state index contributed by atoms with van der Waals surface area (Å²) < 4.78 is 10.2. The number of para-hydroxylation sites is 2. The molecule has 2 aromatic rings. The first-order chi connectivity index (χ1) is 14.4. The first-order valence-electron chi connectivity index (χ1n) is 9.78. The first kappa shape index (κ1) is 22.9. The van der Waals surface area contributed by atoms with Gasteiger partial charge >= 0.3 is 5.97 Å². The standard InChI is InChI=1S/C22H27N3O5/c1-5-13-25(14-20(26)24-17-9-7-8-10-19(17)29-4)21(27)18-12-11-16(15(3)23-18)22(28)30-6-2/h7-12H,5-6,13-14H2,1-4H3,(H,24,26). The normalized spacial score (nSPS) is 10.3. The second-order valence-corrected chi connectivity index (χ2v) is 6.53. The van der Waals surface area contributed by atoms with Crippen LogP contribution in [0.5, 0.6) is 5.75 Å². The maximum absolute atomic E-state index is 12.9. The number of carbonyl (C=O) groups is 3. The summed E-state index contributed by atoms with van der Waals surface area (Å²) in [5.74, 6) is -0.680. The SMILES string of the molecule is CCCN(CC(=O)Nc1ccccc1OC)C(=O)c1ccc(C(=O)OCC)c(C)n1. The Balaban J connectivity index is 2.15. The summed E-state index contributed by atoms with van der Waals surface area (Å²) in [6.45, 7) is 5.79. The Bertz CT molecular complexity index is 913. The van der Waals surface area contributed by atoms with Gasteiger partial charge in [0.15, 0.2) is 0 Å². The fourth-order valence-corrected chi connectivity index (χ4v) is 2.90. The zero-order valence-electron chi connectivity index (χ0n) is 17.7. The molecule has 1 aromatic carbocycles. The molecule has 2 amide bonds. The van der Waals surface area contributed by atoms with Crippen molar-refractivity contribution < 1.29 is 23.9 Å². The molecule has 0 aliphatic rings. The average molecular weight is 413 g/mol. The van der Waals surface area contributed by atoms with Gasteiger partial charge in [-0.2, -0.15) is 0 Å². The molecule has 1 heterocycles. The van der Waals surface area contributed by atoms with Gasteiger partial charge < -0.3 is 19.7 Å². The second kappa shape index (κ2) is 10.9. The van der Waals surface area contributed by atoms with E-state index in [0.717, 1.165) is 0 Å². The highest BCUT2D eigenvalue weighted by atomic mass is 16.5. The lowest BCUT2D eigenvalue weighted by Crippen LogP contribution is -2.39. The van der Waals surface area contributed by atoms with Gasteiger partial charge in [0.2, 0.25) is 5.91 Å². The molecule has 2 rings (SSSR count). The summed E-state index contributed by atoms with van der Waals surface area (Å²) in [5, 5.41) is 2.77. The number of aromatic nitrogens is 1. The molecule has 1 N–H and O–H groups in total. The minimum Gasteiger partial charge on any atom is -0.495 e. The molecule has 0 bridgehead atoms. The second-order valence-electron chi connectivity index (χ2n) is 6.53. The number of anilines is 1. The van der Waals surface area contributed by atoms with E-state index in [0.29, 0.717) is 35.7 Å². The van der Waals surface area contributed by atoms with Gasteiger partial charge in [-0.05, 0) is 44.5 Å². The number of nitrogens with one attached hydrogen (secondary N) is 1. The molecule has 0 atom stereocenters. The molecule has 0 radical (unpaired) electrons. The van der Waals surface area contributed by atoms with E-state index < -0.39 is 5.97 Å². The van der Waals surface area contributed by atoms with Gasteiger partial charge in [0.1, 0.15) is 18.0 Å². The largest absolute Gasteiger partial charge is 0.495 e. The highest BCUT2D eigenvalue weighted by Crippen LogP contribution is 2.23. The summed E-state index contributed by atoms with van der Waals surface area (Å²) in [6.07, 6.45) is 0.674. The number of ether oxygens (including phenoxy) is 2. The van der Waals surface area contributed by atoms with Crippen LogP contribution in [0.1, 0.15) is 46.8 Å². The lowest BCUT2D eigenvalue weighted by atomic mass is 10.1. The van der Waals surface area contributed by atoms with Gasteiger partial charge in [-0.1, -0.05) is 19.1 Å². The molecule has 0 fully saturated rings. The maximum atomic E-state index is 12.9. The third kappa shape index (κ3) is 5.79. The molecular formula is C22H27N3O5. The Morgan fingerprint density at radius 3 is 2.47 bits per heavy atom. The monoisotopic (exact) mass is 413 g/mol. The van der Waals surface area contributed by atoms with Crippen molar-refractivity contribution in [2.75, 3.05) is 32.1 Å². The van der Waals surface area contributed by atoms with Crippen molar-refractivity contribution in [3.63, 3.8) is 0 Å². The number of aryl methyl sites for hydroxylation is 1. The molecule has 0 aliphatic heterocycles. The van der Waals surface area contributed by atoms with Crippen LogP contribution in [0.15, 0.2) is 36.4 Å². The lowest BCUT2D eigenvalue weighted by molar-refractivity contribution is -0.116. The van der Waals surface area contributed by atoms with Crippen LogP contribution in [-0.2, 0) is 9.53 Å². The maximum Gasteiger partial charge on any atom is 0.339 e. The van der Waals surface area contributed by atoms with Crippen molar-refractivity contribution in [1.82, 2.24) is 9.88 Å². The van der Waals surface area contributed by atoms with Crippen LogP contribution in [-0.4, -0.2) is 54.5 Å². The summed E-state index contributed by atoms with van der Waals surface area (Å²) in [7, 11) is 1.52. The van der Waals surface area contributed by atoms with E-state index in [2.05, 4.69) is 10.3 Å². The number of benzene rings is 1. The van der Waals surface area contributed by atoms with E-state index in [-0.39, 0.29) is 30.7 Å². The van der Waals surface area contributed by atoms with Crippen LogP contribution in [0.25, 0.3) is 0 Å². The van der Waals surface area contributed by atoms with Crippen molar-refractivity contribution in [3.8, 4) is 5.75 Å². The molecule has 8 heteroatoms. The number of methoxy groups -OCH3 is 1. The Labute approximate surface area is 176 Å². The predicted molar refractivity (Wildman–Crippen MR) is 113 cm³/mol. The lowest BCUT2D eigenvalue weighted by Gasteiger charge is -2.22. The Morgan fingerprint density at radius 1 is 1.10 bits per heavy atom. The van der Waals surface area contributed by atoms with E-state index in [1.165, 1.54) is 24.1 Å². The fraction of sp³-hybridized carbons (Fsp3) is 0.364. The molecular weight excluding hydrogens is 386 g/mol. The Morgan fingerprint density at radius 2 is 1.83 bits per heavy atom. The number of amides is 2. The highest BCUT2D eigenvalue weighted by molar-refractivity contribution is 5.99. The van der Waals surface area contributed by atoms with Crippen molar-refractivity contribution >= 4 is 23.5 Å². The highest BCUT2D eigenvalue weighted by Gasteiger charge is 2.22. The molecule has 0 saturated heterocycles. The molecule has 0 unspecified atom stereocenters. The molecule has 8 nitrogen and oxygen atoms in total. The molecule has 1 aromatic heterocycles. The van der Waals surface area contributed by atoms with Crippen LogP contribution >= 0.6 is 0 Å². The van der Waals surface area contributed by atoms with E-state index in [1.54, 1.807) is 38.1 Å². The van der Waals surface area contributed by atoms with E-state index in [4.69, 9.17) is 9.47 Å².